The quantitative estimate of drug-likeness (QED) is 0.790. The van der Waals surface area contributed by atoms with Crippen LogP contribution in [0.15, 0.2) is 48.2 Å². The summed E-state index contributed by atoms with van der Waals surface area (Å²) in [6.07, 6.45) is 0.702. The van der Waals surface area contributed by atoms with Gasteiger partial charge < -0.3 is 10.1 Å². The minimum atomic E-state index is -0.305. The molecular weight excluding hydrogens is 340 g/mol. The number of amides is 2. The maximum Gasteiger partial charge on any atom is 0.278 e. The predicted octanol–water partition coefficient (Wildman–Crippen LogP) is 3.91. The van der Waals surface area contributed by atoms with Gasteiger partial charge in [-0.1, -0.05) is 31.2 Å². The average Bonchev–Trinajstić information content (AvgIpc) is 2.89. The third-order valence-corrected chi connectivity index (χ3v) is 4.77. The number of nitrogens with zero attached hydrogens (tertiary/aromatic N) is 1. The van der Waals surface area contributed by atoms with Gasteiger partial charge in [0.2, 0.25) is 0 Å². The number of hydrogen-bond acceptors (Lipinski definition) is 4. The van der Waals surface area contributed by atoms with Crippen LogP contribution >= 0.6 is 0 Å². The molecule has 2 amide bonds. The van der Waals surface area contributed by atoms with Gasteiger partial charge in [0.25, 0.3) is 11.8 Å². The topological polar surface area (TPSA) is 58.6 Å². The Labute approximate surface area is 159 Å². The summed E-state index contributed by atoms with van der Waals surface area (Å²) in [7, 11) is 1.56. The SMILES string of the molecule is CCCN1C(=O)C(Nc2ccc(C)c(C)c2)=C(c2ccccc2OC)C1=O. The standard InChI is InChI=1S/C22H24N2O3/c1-5-12-24-21(25)19(17-8-6-7-9-18(17)27-4)20(22(24)26)23-16-11-10-14(2)15(3)13-16/h6-11,13,23H,5,12H2,1-4H3. The number of imide groups is 1. The highest BCUT2D eigenvalue weighted by Gasteiger charge is 2.39. The van der Waals surface area contributed by atoms with Crippen molar-refractivity contribution < 1.29 is 14.3 Å². The maximum atomic E-state index is 13.0. The lowest BCUT2D eigenvalue weighted by atomic mass is 10.0. The highest BCUT2D eigenvalue weighted by atomic mass is 16.5. The molecule has 0 bridgehead atoms. The first kappa shape index (κ1) is 18.7. The van der Waals surface area contributed by atoms with E-state index in [9.17, 15) is 9.59 Å². The second kappa shape index (κ2) is 7.66. The Bertz CT molecular complexity index is 931. The van der Waals surface area contributed by atoms with Crippen molar-refractivity contribution in [2.45, 2.75) is 27.2 Å². The van der Waals surface area contributed by atoms with E-state index in [0.29, 0.717) is 35.5 Å². The Morgan fingerprint density at radius 1 is 1.00 bits per heavy atom. The summed E-state index contributed by atoms with van der Waals surface area (Å²) in [5.41, 5.74) is 4.32. The number of rotatable bonds is 6. The number of aryl methyl sites for hydroxylation is 2. The van der Waals surface area contributed by atoms with Gasteiger partial charge in [-0.25, -0.2) is 0 Å². The molecule has 0 fully saturated rings. The van der Waals surface area contributed by atoms with Crippen molar-refractivity contribution in [1.82, 2.24) is 4.90 Å². The molecule has 2 aromatic carbocycles. The number of carbonyl (C=O) groups is 2. The Morgan fingerprint density at radius 3 is 2.41 bits per heavy atom. The van der Waals surface area contributed by atoms with Gasteiger partial charge >= 0.3 is 0 Å². The van der Waals surface area contributed by atoms with E-state index in [-0.39, 0.29) is 11.8 Å². The summed E-state index contributed by atoms with van der Waals surface area (Å²) in [6, 6.07) is 13.1. The number of nitrogens with one attached hydrogen (secondary N) is 1. The molecule has 27 heavy (non-hydrogen) atoms. The number of anilines is 1. The van der Waals surface area contributed by atoms with Gasteiger partial charge in [0.1, 0.15) is 11.4 Å². The number of para-hydroxylation sites is 1. The van der Waals surface area contributed by atoms with E-state index in [1.165, 1.54) is 10.5 Å². The molecule has 3 rings (SSSR count). The fourth-order valence-electron chi connectivity index (χ4n) is 3.18. The van der Waals surface area contributed by atoms with Gasteiger partial charge in [-0.15, -0.1) is 0 Å². The zero-order valence-corrected chi connectivity index (χ0v) is 16.1. The molecule has 0 saturated heterocycles. The lowest BCUT2D eigenvalue weighted by Crippen LogP contribution is -2.33. The van der Waals surface area contributed by atoms with E-state index in [0.717, 1.165) is 11.3 Å². The largest absolute Gasteiger partial charge is 0.496 e. The van der Waals surface area contributed by atoms with Crippen LogP contribution in [0, 0.1) is 13.8 Å². The molecular formula is C22H24N2O3. The molecule has 0 aromatic heterocycles. The van der Waals surface area contributed by atoms with Crippen LogP contribution in [0.4, 0.5) is 5.69 Å². The summed E-state index contributed by atoms with van der Waals surface area (Å²) < 4.78 is 5.43. The lowest BCUT2D eigenvalue weighted by Gasteiger charge is -2.14. The molecule has 0 radical (unpaired) electrons. The fourth-order valence-corrected chi connectivity index (χ4v) is 3.18. The third kappa shape index (κ3) is 3.45. The highest BCUT2D eigenvalue weighted by Crippen LogP contribution is 2.35. The summed E-state index contributed by atoms with van der Waals surface area (Å²) in [5.74, 6) is -0.0370. The van der Waals surface area contributed by atoms with E-state index >= 15 is 0 Å². The molecule has 1 aliphatic rings. The van der Waals surface area contributed by atoms with Gasteiger partial charge in [0, 0.05) is 17.8 Å². The van der Waals surface area contributed by atoms with Crippen LogP contribution in [0.25, 0.3) is 5.57 Å². The number of carbonyl (C=O) groups excluding carboxylic acids is 2. The number of methoxy groups -OCH3 is 1. The van der Waals surface area contributed by atoms with Gasteiger partial charge in [0.05, 0.1) is 12.7 Å². The Kier molecular flexibility index (Phi) is 5.31. The van der Waals surface area contributed by atoms with Crippen molar-refractivity contribution in [1.29, 1.82) is 0 Å². The minimum absolute atomic E-state index is 0.293. The molecule has 5 heteroatoms. The predicted molar refractivity (Wildman–Crippen MR) is 106 cm³/mol. The van der Waals surface area contributed by atoms with Crippen LogP contribution in [0.5, 0.6) is 5.75 Å². The fraction of sp³-hybridized carbons (Fsp3) is 0.273. The van der Waals surface area contributed by atoms with Crippen LogP contribution in [0.2, 0.25) is 0 Å². The molecule has 0 atom stereocenters. The van der Waals surface area contributed by atoms with Gasteiger partial charge in [0.15, 0.2) is 0 Å². The van der Waals surface area contributed by atoms with Crippen molar-refractivity contribution in [2.75, 3.05) is 19.0 Å². The maximum absolute atomic E-state index is 13.0. The molecule has 0 unspecified atom stereocenters. The third-order valence-electron chi connectivity index (χ3n) is 4.77. The zero-order valence-electron chi connectivity index (χ0n) is 16.1. The minimum Gasteiger partial charge on any atom is -0.496 e. The summed E-state index contributed by atoms with van der Waals surface area (Å²) >= 11 is 0. The molecule has 1 aliphatic heterocycles. The van der Waals surface area contributed by atoms with E-state index in [1.807, 2.05) is 51.1 Å². The van der Waals surface area contributed by atoms with Gasteiger partial charge in [-0.2, -0.15) is 0 Å². The Hall–Kier alpha value is -3.08. The summed E-state index contributed by atoms with van der Waals surface area (Å²) in [5, 5.41) is 3.19. The van der Waals surface area contributed by atoms with Crippen LogP contribution in [-0.2, 0) is 9.59 Å². The molecule has 2 aromatic rings. The second-order valence-corrected chi connectivity index (χ2v) is 6.64. The summed E-state index contributed by atoms with van der Waals surface area (Å²) in [6.45, 7) is 6.37. The average molecular weight is 364 g/mol. The van der Waals surface area contributed by atoms with Crippen molar-refractivity contribution in [3.63, 3.8) is 0 Å². The smallest absolute Gasteiger partial charge is 0.278 e. The van der Waals surface area contributed by atoms with Crippen molar-refractivity contribution in [2.24, 2.45) is 0 Å². The lowest BCUT2D eigenvalue weighted by molar-refractivity contribution is -0.136. The number of ether oxygens (including phenoxy) is 1. The molecule has 1 heterocycles. The monoisotopic (exact) mass is 364 g/mol. The van der Waals surface area contributed by atoms with E-state index in [1.54, 1.807) is 19.2 Å². The van der Waals surface area contributed by atoms with Gasteiger partial charge in [-0.3, -0.25) is 14.5 Å². The van der Waals surface area contributed by atoms with Crippen molar-refractivity contribution >= 4 is 23.1 Å². The molecule has 1 N–H and O–H groups in total. The molecule has 140 valence electrons. The molecule has 0 spiro atoms. The normalized spacial score (nSPS) is 14.1. The second-order valence-electron chi connectivity index (χ2n) is 6.64. The molecule has 0 aliphatic carbocycles. The van der Waals surface area contributed by atoms with Crippen LogP contribution in [0.1, 0.15) is 30.0 Å². The van der Waals surface area contributed by atoms with Crippen molar-refractivity contribution in [3.05, 3.63) is 64.9 Å². The summed E-state index contributed by atoms with van der Waals surface area (Å²) in [4.78, 5) is 27.3. The van der Waals surface area contributed by atoms with E-state index in [2.05, 4.69) is 5.32 Å². The van der Waals surface area contributed by atoms with Gasteiger partial charge in [-0.05, 0) is 49.6 Å². The van der Waals surface area contributed by atoms with Crippen LogP contribution < -0.4 is 10.1 Å². The Morgan fingerprint density at radius 2 is 1.74 bits per heavy atom. The zero-order chi connectivity index (χ0) is 19.6. The van der Waals surface area contributed by atoms with Crippen molar-refractivity contribution in [3.8, 4) is 5.75 Å². The van der Waals surface area contributed by atoms with E-state index < -0.39 is 0 Å². The van der Waals surface area contributed by atoms with Crippen LogP contribution in [0.3, 0.4) is 0 Å². The first-order valence-corrected chi connectivity index (χ1v) is 9.06. The van der Waals surface area contributed by atoms with E-state index in [4.69, 9.17) is 4.74 Å². The first-order chi connectivity index (χ1) is 13.0. The highest BCUT2D eigenvalue weighted by molar-refractivity contribution is 6.37. The molecule has 5 nitrogen and oxygen atoms in total. The number of hydrogen-bond donors (Lipinski definition) is 1. The number of benzene rings is 2. The molecule has 0 saturated carbocycles. The Balaban J connectivity index is 2.12. The van der Waals surface area contributed by atoms with Crippen LogP contribution in [-0.4, -0.2) is 30.4 Å². The first-order valence-electron chi connectivity index (χ1n) is 9.06.